The Morgan fingerprint density at radius 3 is 2.22 bits per heavy atom. The van der Waals surface area contributed by atoms with Crippen molar-refractivity contribution in [2.45, 2.75) is 109 Å². The molecule has 1 amide bonds. The number of piperazine rings is 1. The number of carbonyl (C=O) groups is 1. The van der Waals surface area contributed by atoms with Gasteiger partial charge < -0.3 is 20.9 Å². The van der Waals surface area contributed by atoms with Crippen LogP contribution in [-0.2, 0) is 17.8 Å². The zero-order valence-electron chi connectivity index (χ0n) is 25.2. The quantitative estimate of drug-likeness (QED) is 0.257. The van der Waals surface area contributed by atoms with Gasteiger partial charge in [-0.15, -0.1) is 0 Å². The standard InChI is InChI=1S/C34H52N6O/c35-31-25-32(39-20-22-40(23-21-39)33(41)24-29-14-8-9-15-29)38-34(37-31)36-26-30-18-16-28(17-19-30)13-5-2-1-4-10-27-11-6-3-7-12-27/h16-19,25,27,29H,1-15,20-24,26H2,(H3,35,36,37,38). The van der Waals surface area contributed by atoms with Crippen molar-refractivity contribution in [3.63, 3.8) is 0 Å². The number of aromatic nitrogens is 2. The Bertz CT molecular complexity index is 1070. The third kappa shape index (κ3) is 9.34. The van der Waals surface area contributed by atoms with Gasteiger partial charge in [-0.05, 0) is 48.6 Å². The Hall–Kier alpha value is -2.83. The molecule has 1 aliphatic heterocycles. The summed E-state index contributed by atoms with van der Waals surface area (Å²) in [5, 5.41) is 3.37. The van der Waals surface area contributed by atoms with E-state index in [1.165, 1.54) is 101 Å². The molecule has 2 heterocycles. The van der Waals surface area contributed by atoms with Gasteiger partial charge in [0.15, 0.2) is 0 Å². The summed E-state index contributed by atoms with van der Waals surface area (Å²) in [6.45, 7) is 3.69. The second-order valence-corrected chi connectivity index (χ2v) is 12.8. The minimum atomic E-state index is 0.317. The molecule has 1 aromatic carbocycles. The van der Waals surface area contributed by atoms with E-state index in [9.17, 15) is 4.79 Å². The molecule has 224 valence electrons. The van der Waals surface area contributed by atoms with Crippen LogP contribution >= 0.6 is 0 Å². The lowest BCUT2D eigenvalue weighted by molar-refractivity contribution is -0.132. The molecule has 5 rings (SSSR count). The molecule has 1 saturated heterocycles. The van der Waals surface area contributed by atoms with Crippen molar-refractivity contribution in [3.05, 3.63) is 41.5 Å². The molecule has 2 aromatic rings. The first-order valence-corrected chi connectivity index (χ1v) is 16.6. The molecule has 0 unspecified atom stereocenters. The normalized spacial score (nSPS) is 18.6. The summed E-state index contributed by atoms with van der Waals surface area (Å²) in [7, 11) is 0. The van der Waals surface area contributed by atoms with Crippen LogP contribution in [0.5, 0.6) is 0 Å². The highest BCUT2D eigenvalue weighted by Gasteiger charge is 2.26. The van der Waals surface area contributed by atoms with Gasteiger partial charge in [-0.25, -0.2) is 0 Å². The summed E-state index contributed by atoms with van der Waals surface area (Å²) in [4.78, 5) is 26.2. The monoisotopic (exact) mass is 560 g/mol. The molecule has 3 N–H and O–H groups in total. The average molecular weight is 561 g/mol. The molecule has 41 heavy (non-hydrogen) atoms. The number of anilines is 3. The predicted octanol–water partition coefficient (Wildman–Crippen LogP) is 6.97. The van der Waals surface area contributed by atoms with Crippen LogP contribution in [0.1, 0.15) is 107 Å². The zero-order chi connectivity index (χ0) is 28.3. The van der Waals surface area contributed by atoms with Crippen LogP contribution in [0.4, 0.5) is 17.6 Å². The van der Waals surface area contributed by atoms with Gasteiger partial charge in [0, 0.05) is 45.2 Å². The fraction of sp³-hybridized carbons (Fsp3) is 0.676. The number of aryl methyl sites for hydroxylation is 1. The largest absolute Gasteiger partial charge is 0.383 e. The first-order valence-electron chi connectivity index (χ1n) is 16.6. The van der Waals surface area contributed by atoms with E-state index in [1.54, 1.807) is 0 Å². The first kappa shape index (κ1) is 29.7. The number of nitrogens with two attached hydrogens (primary N) is 1. The first-order chi connectivity index (χ1) is 20.1. The van der Waals surface area contributed by atoms with E-state index < -0.39 is 0 Å². The molecule has 0 spiro atoms. The van der Waals surface area contributed by atoms with Crippen molar-refractivity contribution in [2.75, 3.05) is 42.1 Å². The van der Waals surface area contributed by atoms with Crippen LogP contribution in [0, 0.1) is 11.8 Å². The van der Waals surface area contributed by atoms with Crippen LogP contribution in [0.3, 0.4) is 0 Å². The molecule has 7 nitrogen and oxygen atoms in total. The van der Waals surface area contributed by atoms with E-state index in [0.717, 1.165) is 50.8 Å². The van der Waals surface area contributed by atoms with Crippen molar-refractivity contribution in [1.82, 2.24) is 14.9 Å². The Morgan fingerprint density at radius 2 is 1.46 bits per heavy atom. The molecular formula is C34H52N6O. The third-order valence-corrected chi connectivity index (χ3v) is 9.65. The van der Waals surface area contributed by atoms with Crippen LogP contribution in [0.15, 0.2) is 30.3 Å². The van der Waals surface area contributed by atoms with E-state index in [-0.39, 0.29) is 0 Å². The highest BCUT2D eigenvalue weighted by atomic mass is 16.2. The molecule has 3 fully saturated rings. The van der Waals surface area contributed by atoms with Gasteiger partial charge in [-0.3, -0.25) is 4.79 Å². The lowest BCUT2D eigenvalue weighted by Crippen LogP contribution is -2.49. The van der Waals surface area contributed by atoms with Crippen LogP contribution in [-0.4, -0.2) is 47.0 Å². The molecule has 0 radical (unpaired) electrons. The molecule has 7 heteroatoms. The summed E-state index contributed by atoms with van der Waals surface area (Å²) in [6, 6.07) is 10.8. The van der Waals surface area contributed by atoms with Crippen LogP contribution in [0.25, 0.3) is 0 Å². The number of carbonyl (C=O) groups excluding carboxylic acids is 1. The lowest BCUT2D eigenvalue weighted by atomic mass is 9.85. The summed E-state index contributed by atoms with van der Waals surface area (Å²) in [5.74, 6) is 3.78. The van der Waals surface area contributed by atoms with E-state index >= 15 is 0 Å². The minimum absolute atomic E-state index is 0.317. The van der Waals surface area contributed by atoms with Gasteiger partial charge >= 0.3 is 0 Å². The van der Waals surface area contributed by atoms with Gasteiger partial charge in [0.05, 0.1) is 0 Å². The van der Waals surface area contributed by atoms with Crippen molar-refractivity contribution in [3.8, 4) is 0 Å². The Balaban J connectivity index is 1.01. The fourth-order valence-electron chi connectivity index (χ4n) is 7.07. The summed E-state index contributed by atoms with van der Waals surface area (Å²) in [5.41, 5.74) is 8.79. The average Bonchev–Trinajstić information content (AvgIpc) is 3.52. The smallest absolute Gasteiger partial charge is 0.226 e. The second-order valence-electron chi connectivity index (χ2n) is 12.8. The zero-order valence-corrected chi connectivity index (χ0v) is 25.2. The molecule has 2 aliphatic carbocycles. The number of nitrogen functional groups attached to an aromatic ring is 1. The van der Waals surface area contributed by atoms with Gasteiger partial charge in [0.25, 0.3) is 0 Å². The molecular weight excluding hydrogens is 508 g/mol. The van der Waals surface area contributed by atoms with Crippen molar-refractivity contribution in [2.24, 2.45) is 11.8 Å². The maximum Gasteiger partial charge on any atom is 0.226 e. The summed E-state index contributed by atoms with van der Waals surface area (Å²) in [6.07, 6.45) is 21.1. The van der Waals surface area contributed by atoms with Gasteiger partial charge in [0.1, 0.15) is 11.6 Å². The Labute approximate surface area is 247 Å². The van der Waals surface area contributed by atoms with Crippen LogP contribution < -0.4 is 16.0 Å². The molecule has 3 aliphatic rings. The van der Waals surface area contributed by atoms with E-state index in [1.807, 2.05) is 11.0 Å². The SMILES string of the molecule is Nc1cc(N2CCN(C(=O)CC3CCCC3)CC2)nc(NCc2ccc(CCCCCCC3CCCCC3)cc2)n1. The Kier molecular flexibility index (Phi) is 11.1. The topological polar surface area (TPSA) is 87.4 Å². The summed E-state index contributed by atoms with van der Waals surface area (Å²) >= 11 is 0. The van der Waals surface area contributed by atoms with Crippen LogP contribution in [0.2, 0.25) is 0 Å². The van der Waals surface area contributed by atoms with E-state index in [0.29, 0.717) is 30.1 Å². The van der Waals surface area contributed by atoms with Crippen molar-refractivity contribution >= 4 is 23.5 Å². The number of hydrogen-bond donors (Lipinski definition) is 2. The number of amides is 1. The molecule has 0 bridgehead atoms. The number of unbranched alkanes of at least 4 members (excludes halogenated alkanes) is 3. The van der Waals surface area contributed by atoms with E-state index in [4.69, 9.17) is 10.7 Å². The minimum Gasteiger partial charge on any atom is -0.383 e. The highest BCUT2D eigenvalue weighted by Crippen LogP contribution is 2.29. The maximum atomic E-state index is 12.7. The molecule has 1 aromatic heterocycles. The lowest BCUT2D eigenvalue weighted by Gasteiger charge is -2.36. The number of benzene rings is 1. The van der Waals surface area contributed by atoms with Crippen molar-refractivity contribution in [1.29, 1.82) is 0 Å². The van der Waals surface area contributed by atoms with Crippen molar-refractivity contribution < 1.29 is 4.79 Å². The van der Waals surface area contributed by atoms with E-state index in [2.05, 4.69) is 39.5 Å². The van der Waals surface area contributed by atoms with Gasteiger partial charge in [-0.2, -0.15) is 9.97 Å². The Morgan fingerprint density at radius 1 is 0.805 bits per heavy atom. The number of hydrogen-bond acceptors (Lipinski definition) is 6. The van der Waals surface area contributed by atoms with Gasteiger partial charge in [-0.1, -0.05) is 94.9 Å². The number of nitrogens with zero attached hydrogens (tertiary/aromatic N) is 4. The maximum absolute atomic E-state index is 12.7. The fourth-order valence-corrected chi connectivity index (χ4v) is 7.07. The predicted molar refractivity (Wildman–Crippen MR) is 169 cm³/mol. The molecule has 0 atom stereocenters. The number of nitrogens with one attached hydrogen (secondary N) is 1. The molecule has 2 saturated carbocycles. The number of rotatable bonds is 13. The third-order valence-electron chi connectivity index (χ3n) is 9.65. The van der Waals surface area contributed by atoms with Gasteiger partial charge in [0.2, 0.25) is 11.9 Å². The second kappa shape index (κ2) is 15.4. The highest BCUT2D eigenvalue weighted by molar-refractivity contribution is 5.76. The summed E-state index contributed by atoms with van der Waals surface area (Å²) < 4.78 is 0.